The van der Waals surface area contributed by atoms with Gasteiger partial charge >= 0.3 is 5.97 Å². The molecule has 306 valence electrons. The molecule has 17 heteroatoms. The number of aliphatic hydroxyl groups is 3. The number of nitrogens with one attached hydrogen (secondary N) is 2. The minimum atomic E-state index is -3.30. The summed E-state index contributed by atoms with van der Waals surface area (Å²) in [6.45, 7) is 0.378. The number of benzene rings is 2. The molecule has 2 amide bonds. The Kier molecular flexibility index (Phi) is 20.5. The molecule has 0 spiro atoms. The summed E-state index contributed by atoms with van der Waals surface area (Å²) in [6, 6.07) is 8.04. The van der Waals surface area contributed by atoms with Gasteiger partial charge in [0, 0.05) is 34.1 Å². The van der Waals surface area contributed by atoms with Crippen LogP contribution in [-0.2, 0) is 14.3 Å². The number of esters is 1. The summed E-state index contributed by atoms with van der Waals surface area (Å²) in [6.07, 6.45) is -2.12. The van der Waals surface area contributed by atoms with Gasteiger partial charge in [-0.05, 0) is 112 Å². The Morgan fingerprint density at radius 1 is 0.719 bits per heavy atom. The largest absolute Gasteiger partial charge is 0.467 e. The van der Waals surface area contributed by atoms with Gasteiger partial charge in [0.25, 0.3) is 24.7 Å². The van der Waals surface area contributed by atoms with Crippen LogP contribution in [0.25, 0.3) is 0 Å². The van der Waals surface area contributed by atoms with E-state index in [9.17, 15) is 47.0 Å². The van der Waals surface area contributed by atoms with Crippen molar-refractivity contribution >= 4 is 36.0 Å². The van der Waals surface area contributed by atoms with Crippen LogP contribution in [-0.4, -0.2) is 93.9 Å². The highest BCUT2D eigenvalue weighted by molar-refractivity contribution is 5.99. The van der Waals surface area contributed by atoms with Crippen LogP contribution in [0.3, 0.4) is 0 Å². The molecular formula is C40H42ClF4N3O9. The lowest BCUT2D eigenvalue weighted by Gasteiger charge is -2.31. The molecule has 0 radical (unpaired) electrons. The van der Waals surface area contributed by atoms with Crippen LogP contribution in [0.4, 0.5) is 17.6 Å². The average molecular weight is 820 g/mol. The number of rotatable bonds is 11. The molecular weight excluding hydrogens is 778 g/mol. The fraction of sp³-hybridized carbons (Fsp3) is 0.400. The van der Waals surface area contributed by atoms with Crippen molar-refractivity contribution in [2.45, 2.75) is 75.7 Å². The highest BCUT2D eigenvalue weighted by atomic mass is 35.5. The van der Waals surface area contributed by atoms with Gasteiger partial charge in [0.1, 0.15) is 18.2 Å². The smallest absolute Gasteiger partial charge is 0.331 e. The second kappa shape index (κ2) is 23.6. The van der Waals surface area contributed by atoms with Crippen molar-refractivity contribution in [2.75, 3.05) is 13.7 Å². The first-order valence-corrected chi connectivity index (χ1v) is 16.8. The number of ketones is 1. The first-order valence-electron chi connectivity index (χ1n) is 16.8. The second-order valence-electron chi connectivity index (χ2n) is 12.8. The third-order valence-electron chi connectivity index (χ3n) is 8.06. The Morgan fingerprint density at radius 3 is 1.39 bits per heavy atom. The van der Waals surface area contributed by atoms with Gasteiger partial charge in [-0.1, -0.05) is 23.7 Å². The summed E-state index contributed by atoms with van der Waals surface area (Å²) in [7, 11) is 0.975. The van der Waals surface area contributed by atoms with Crippen LogP contribution in [0.1, 0.15) is 71.4 Å². The van der Waals surface area contributed by atoms with Gasteiger partial charge < -0.3 is 35.9 Å². The molecule has 0 heterocycles. The molecule has 0 unspecified atom stereocenters. The number of Topliss-reactive ketones (excluding diaryl/α,β-unsaturated/α-hetero) is 1. The molecule has 0 saturated heterocycles. The van der Waals surface area contributed by atoms with E-state index in [4.69, 9.17) is 10.3 Å². The summed E-state index contributed by atoms with van der Waals surface area (Å²) in [5, 5.41) is 39.3. The molecule has 8 N–H and O–H groups in total. The van der Waals surface area contributed by atoms with E-state index in [0.717, 1.165) is 46.6 Å². The third kappa shape index (κ3) is 15.9. The number of nitrogens with two attached hydrogens (primary N) is 1. The molecule has 12 nitrogen and oxygen atoms in total. The topological polar surface area (TPSA) is 209 Å². The standard InChI is InChI=1S/2C20H19F2NO4.ClH.H3NO/c1-20(26,19(21)22)16(18(25)27-2)23-17(24)15-11-9-14(10-12-15)6-4-3-5-13-7-8-13;1-20(27,19(21)22)17(16(25)12-24)23-18(26)15-10-8-14(9-11-15)5-3-2-4-13-6-7-13;;1-2/h9-13,16,19,26H,7-8H2,1-2H3,(H,23,24);8-11,13,17,19,24,27H,6-7,12H2,1H3,(H,23,26);1H;2H,1H2/t16-,20+;17-,20+;;/m11../s1. The molecule has 2 saturated carbocycles. The second-order valence-corrected chi connectivity index (χ2v) is 12.8. The van der Waals surface area contributed by atoms with Crippen LogP contribution in [0, 0.1) is 59.2 Å². The first kappa shape index (κ1) is 49.6. The van der Waals surface area contributed by atoms with Crippen LogP contribution in [0.15, 0.2) is 48.5 Å². The maximum Gasteiger partial charge on any atom is 0.331 e. The fourth-order valence-electron chi connectivity index (χ4n) is 4.23. The fourth-order valence-corrected chi connectivity index (χ4v) is 4.23. The first-order chi connectivity index (χ1) is 26.5. The SMILES string of the molecule is COC(=O)[C@@H](NC(=O)c1ccc(C#CC#CC2CC2)cc1)[C@](C)(O)C(F)F.C[C@@](O)(C(F)F)[C@H](NC(=O)c1ccc(C#CC#CC2CC2)cc1)C(=O)CO.Cl.NO. The lowest BCUT2D eigenvalue weighted by Crippen LogP contribution is -2.59. The number of ether oxygens (including phenoxy) is 1. The molecule has 2 aromatic carbocycles. The van der Waals surface area contributed by atoms with Crippen LogP contribution in [0.5, 0.6) is 0 Å². The van der Waals surface area contributed by atoms with E-state index in [-0.39, 0.29) is 23.5 Å². The minimum absolute atomic E-state index is 0. The van der Waals surface area contributed by atoms with Gasteiger partial charge in [-0.15, -0.1) is 12.4 Å². The number of alkyl halides is 4. The van der Waals surface area contributed by atoms with Gasteiger partial charge in [0.15, 0.2) is 17.4 Å². The summed E-state index contributed by atoms with van der Waals surface area (Å²) >= 11 is 0. The average Bonchev–Trinajstić information content (AvgIpc) is 4.14. The van der Waals surface area contributed by atoms with Crippen molar-refractivity contribution in [3.63, 3.8) is 0 Å². The summed E-state index contributed by atoms with van der Waals surface area (Å²) < 4.78 is 56.5. The normalized spacial score (nSPS) is 15.4. The maximum atomic E-state index is 13.0. The van der Waals surface area contributed by atoms with Crippen molar-refractivity contribution in [1.29, 1.82) is 0 Å². The molecule has 0 bridgehead atoms. The van der Waals surface area contributed by atoms with E-state index in [2.05, 4.69) is 68.6 Å². The van der Waals surface area contributed by atoms with E-state index in [1.54, 1.807) is 24.3 Å². The lowest BCUT2D eigenvalue weighted by atomic mass is 9.93. The molecule has 2 aliphatic rings. The number of halogens is 5. The number of methoxy groups -OCH3 is 1. The Hall–Kier alpha value is -5.43. The zero-order chi connectivity index (χ0) is 42.1. The number of hydrogen-bond donors (Lipinski definition) is 7. The molecule has 4 rings (SSSR count). The Labute approximate surface area is 333 Å². The van der Waals surface area contributed by atoms with Crippen molar-refractivity contribution in [2.24, 2.45) is 17.7 Å². The number of carbonyl (C=O) groups excluding carboxylic acids is 4. The van der Waals surface area contributed by atoms with Gasteiger partial charge in [-0.25, -0.2) is 28.3 Å². The van der Waals surface area contributed by atoms with E-state index >= 15 is 0 Å². The molecule has 2 aliphatic carbocycles. The zero-order valence-electron chi connectivity index (χ0n) is 30.9. The maximum absolute atomic E-state index is 13.0. The minimum Gasteiger partial charge on any atom is -0.467 e. The van der Waals surface area contributed by atoms with E-state index < -0.39 is 66.3 Å². The molecule has 4 atom stereocenters. The lowest BCUT2D eigenvalue weighted by molar-refractivity contribution is -0.160. The Balaban J connectivity index is 0.000000537. The zero-order valence-corrected chi connectivity index (χ0v) is 31.8. The summed E-state index contributed by atoms with van der Waals surface area (Å²) in [5.74, 6) is 23.1. The number of amides is 2. The van der Waals surface area contributed by atoms with Crippen molar-refractivity contribution in [1.82, 2.24) is 10.6 Å². The Morgan fingerprint density at radius 2 is 1.07 bits per heavy atom. The molecule has 0 aromatic heterocycles. The van der Waals surface area contributed by atoms with Crippen LogP contribution in [0.2, 0.25) is 0 Å². The summed E-state index contributed by atoms with van der Waals surface area (Å²) in [4.78, 5) is 47.9. The van der Waals surface area contributed by atoms with Gasteiger partial charge in [-0.3, -0.25) is 14.4 Å². The van der Waals surface area contributed by atoms with Gasteiger partial charge in [-0.2, -0.15) is 0 Å². The van der Waals surface area contributed by atoms with Crippen LogP contribution >= 0.6 is 12.4 Å². The predicted octanol–water partition coefficient (Wildman–Crippen LogP) is 2.62. The number of aliphatic hydroxyl groups excluding tert-OH is 1. The highest BCUT2D eigenvalue weighted by Gasteiger charge is 2.47. The Bertz CT molecular complexity index is 1800. The van der Waals surface area contributed by atoms with E-state index in [1.165, 1.54) is 24.3 Å². The van der Waals surface area contributed by atoms with E-state index in [1.807, 2.05) is 0 Å². The predicted molar refractivity (Wildman–Crippen MR) is 201 cm³/mol. The van der Waals surface area contributed by atoms with Crippen molar-refractivity contribution < 1.29 is 62.0 Å². The summed E-state index contributed by atoms with van der Waals surface area (Å²) in [5.41, 5.74) is -4.16. The van der Waals surface area contributed by atoms with Crippen molar-refractivity contribution in [3.05, 3.63) is 70.8 Å². The van der Waals surface area contributed by atoms with Gasteiger partial charge in [0.2, 0.25) is 0 Å². The number of hydrogen-bond acceptors (Lipinski definition) is 10. The van der Waals surface area contributed by atoms with Gasteiger partial charge in [0.05, 0.1) is 7.11 Å². The van der Waals surface area contributed by atoms with Crippen LogP contribution < -0.4 is 16.5 Å². The molecule has 0 aliphatic heterocycles. The molecule has 2 fully saturated rings. The molecule has 57 heavy (non-hydrogen) atoms. The van der Waals surface area contributed by atoms with E-state index in [0.29, 0.717) is 23.0 Å². The highest BCUT2D eigenvalue weighted by Crippen LogP contribution is 2.28. The molecule has 2 aromatic rings. The van der Waals surface area contributed by atoms with Crippen molar-refractivity contribution in [3.8, 4) is 47.4 Å². The number of carbonyl (C=O) groups is 4. The third-order valence-corrected chi connectivity index (χ3v) is 8.06. The monoisotopic (exact) mass is 819 g/mol. The quantitative estimate of drug-likeness (QED) is 0.0764.